The highest BCUT2D eigenvalue weighted by atomic mass is 79.9. The third-order valence-electron chi connectivity index (χ3n) is 2.18. The lowest BCUT2D eigenvalue weighted by molar-refractivity contribution is -0.207. The van der Waals surface area contributed by atoms with Crippen molar-refractivity contribution in [3.05, 3.63) is 16.9 Å². The van der Waals surface area contributed by atoms with E-state index in [1.54, 1.807) is 17.1 Å². The number of alkyl halides is 3. The van der Waals surface area contributed by atoms with Crippen LogP contribution in [0.4, 0.5) is 13.2 Å². The van der Waals surface area contributed by atoms with Crippen LogP contribution < -0.4 is 0 Å². The van der Waals surface area contributed by atoms with Crippen LogP contribution >= 0.6 is 15.9 Å². The minimum Gasteiger partial charge on any atom is -0.382 e. The highest BCUT2D eigenvalue weighted by Gasteiger charge is 2.38. The summed E-state index contributed by atoms with van der Waals surface area (Å²) in [5.74, 6) is 0. The standard InChI is InChI=1S/C9H13BrF3N3O/c1-15(6-8(17)9(11,12)13)2-3-16-5-7(10)4-14-16/h4-5,8,17H,2-3,6H2,1H3. The molecule has 0 saturated carbocycles. The van der Waals surface area contributed by atoms with Gasteiger partial charge in [0, 0.05) is 19.3 Å². The summed E-state index contributed by atoms with van der Waals surface area (Å²) >= 11 is 3.22. The molecule has 1 N–H and O–H groups in total. The van der Waals surface area contributed by atoms with Gasteiger partial charge in [-0.15, -0.1) is 0 Å². The zero-order valence-electron chi connectivity index (χ0n) is 9.15. The maximum Gasteiger partial charge on any atom is 0.415 e. The van der Waals surface area contributed by atoms with E-state index in [1.807, 2.05) is 0 Å². The van der Waals surface area contributed by atoms with Crippen molar-refractivity contribution in [2.75, 3.05) is 20.1 Å². The number of halogens is 4. The highest BCUT2D eigenvalue weighted by Crippen LogP contribution is 2.20. The Morgan fingerprint density at radius 2 is 2.24 bits per heavy atom. The summed E-state index contributed by atoms with van der Waals surface area (Å²) in [6.07, 6.45) is -3.54. The Morgan fingerprint density at radius 1 is 1.59 bits per heavy atom. The van der Waals surface area contributed by atoms with Crippen molar-refractivity contribution < 1.29 is 18.3 Å². The molecule has 4 nitrogen and oxygen atoms in total. The van der Waals surface area contributed by atoms with E-state index in [4.69, 9.17) is 5.11 Å². The number of hydrogen-bond acceptors (Lipinski definition) is 3. The molecule has 1 rings (SSSR count). The quantitative estimate of drug-likeness (QED) is 0.895. The van der Waals surface area contributed by atoms with E-state index in [1.165, 1.54) is 11.9 Å². The van der Waals surface area contributed by atoms with Gasteiger partial charge in [0.15, 0.2) is 6.10 Å². The van der Waals surface area contributed by atoms with Gasteiger partial charge in [0.2, 0.25) is 0 Å². The molecule has 0 amide bonds. The summed E-state index contributed by atoms with van der Waals surface area (Å²) in [6, 6.07) is 0. The normalized spacial score (nSPS) is 14.3. The number of aliphatic hydroxyl groups is 1. The first-order valence-corrected chi connectivity index (χ1v) is 5.69. The fraction of sp³-hybridized carbons (Fsp3) is 0.667. The third kappa shape index (κ3) is 5.05. The minimum absolute atomic E-state index is 0.376. The van der Waals surface area contributed by atoms with Crippen molar-refractivity contribution in [3.8, 4) is 0 Å². The average molecular weight is 316 g/mol. The van der Waals surface area contributed by atoms with E-state index in [-0.39, 0.29) is 0 Å². The summed E-state index contributed by atoms with van der Waals surface area (Å²) in [5.41, 5.74) is 0. The lowest BCUT2D eigenvalue weighted by Gasteiger charge is -2.22. The van der Waals surface area contributed by atoms with Crippen LogP contribution in [0.3, 0.4) is 0 Å². The van der Waals surface area contributed by atoms with Crippen molar-refractivity contribution in [2.45, 2.75) is 18.8 Å². The van der Waals surface area contributed by atoms with Gasteiger partial charge in [-0.2, -0.15) is 18.3 Å². The maximum atomic E-state index is 12.1. The number of nitrogens with zero attached hydrogens (tertiary/aromatic N) is 3. The van der Waals surface area contributed by atoms with Crippen molar-refractivity contribution in [2.24, 2.45) is 0 Å². The van der Waals surface area contributed by atoms with E-state index in [2.05, 4.69) is 21.0 Å². The van der Waals surface area contributed by atoms with Gasteiger partial charge in [0.25, 0.3) is 0 Å². The van der Waals surface area contributed by atoms with Gasteiger partial charge in [0.05, 0.1) is 17.2 Å². The topological polar surface area (TPSA) is 41.3 Å². The molecule has 0 radical (unpaired) electrons. The molecule has 0 fully saturated rings. The second-order valence-electron chi connectivity index (χ2n) is 3.74. The van der Waals surface area contributed by atoms with E-state index < -0.39 is 18.8 Å². The largest absolute Gasteiger partial charge is 0.415 e. The third-order valence-corrected chi connectivity index (χ3v) is 2.58. The Hall–Kier alpha value is -0.600. The van der Waals surface area contributed by atoms with Gasteiger partial charge >= 0.3 is 6.18 Å². The van der Waals surface area contributed by atoms with Gasteiger partial charge < -0.3 is 10.0 Å². The number of aliphatic hydroxyl groups excluding tert-OH is 1. The molecule has 0 saturated heterocycles. The Morgan fingerprint density at radius 3 is 2.71 bits per heavy atom. The summed E-state index contributed by atoms with van der Waals surface area (Å²) in [6.45, 7) is 0.403. The highest BCUT2D eigenvalue weighted by molar-refractivity contribution is 9.10. The second kappa shape index (κ2) is 5.83. The molecular formula is C9H13BrF3N3O. The molecule has 0 bridgehead atoms. The molecule has 1 unspecified atom stereocenters. The van der Waals surface area contributed by atoms with Crippen LogP contribution in [0, 0.1) is 0 Å². The fourth-order valence-corrected chi connectivity index (χ4v) is 1.55. The fourth-order valence-electron chi connectivity index (χ4n) is 1.22. The van der Waals surface area contributed by atoms with E-state index >= 15 is 0 Å². The summed E-state index contributed by atoms with van der Waals surface area (Å²) in [7, 11) is 1.52. The average Bonchev–Trinajstić information content (AvgIpc) is 2.60. The van der Waals surface area contributed by atoms with Gasteiger partial charge in [-0.05, 0) is 23.0 Å². The summed E-state index contributed by atoms with van der Waals surface area (Å²) in [4.78, 5) is 1.41. The molecule has 0 spiro atoms. The maximum absolute atomic E-state index is 12.1. The van der Waals surface area contributed by atoms with Crippen LogP contribution in [-0.2, 0) is 6.54 Å². The minimum atomic E-state index is -4.57. The van der Waals surface area contributed by atoms with Crippen LogP contribution in [0.5, 0.6) is 0 Å². The second-order valence-corrected chi connectivity index (χ2v) is 4.66. The van der Waals surface area contributed by atoms with E-state index in [0.29, 0.717) is 13.1 Å². The van der Waals surface area contributed by atoms with Crippen LogP contribution in [0.2, 0.25) is 0 Å². The van der Waals surface area contributed by atoms with Gasteiger partial charge in [0.1, 0.15) is 0 Å². The number of rotatable bonds is 5. The first-order valence-electron chi connectivity index (χ1n) is 4.90. The Bertz CT molecular complexity index is 356. The molecule has 8 heteroatoms. The van der Waals surface area contributed by atoms with E-state index in [9.17, 15) is 13.2 Å². The molecule has 0 aliphatic heterocycles. The molecule has 0 aromatic carbocycles. The van der Waals surface area contributed by atoms with E-state index in [0.717, 1.165) is 4.47 Å². The van der Waals surface area contributed by atoms with Gasteiger partial charge in [-0.1, -0.05) is 0 Å². The van der Waals surface area contributed by atoms with Crippen molar-refractivity contribution in [3.63, 3.8) is 0 Å². The molecular weight excluding hydrogens is 303 g/mol. The van der Waals surface area contributed by atoms with Crippen molar-refractivity contribution >= 4 is 15.9 Å². The molecule has 17 heavy (non-hydrogen) atoms. The van der Waals surface area contributed by atoms with Gasteiger partial charge in [-0.25, -0.2) is 0 Å². The van der Waals surface area contributed by atoms with Gasteiger partial charge in [-0.3, -0.25) is 4.68 Å². The summed E-state index contributed by atoms with van der Waals surface area (Å²) in [5, 5.41) is 12.8. The molecule has 0 aliphatic rings. The first kappa shape index (κ1) is 14.5. The monoisotopic (exact) mass is 315 g/mol. The molecule has 98 valence electrons. The smallest absolute Gasteiger partial charge is 0.382 e. The predicted octanol–water partition coefficient (Wildman–Crippen LogP) is 1.50. The SMILES string of the molecule is CN(CCn1cc(Br)cn1)CC(O)C(F)(F)F. The molecule has 1 aromatic heterocycles. The Labute approximate surface area is 105 Å². The predicted molar refractivity (Wildman–Crippen MR) is 59.5 cm³/mol. The Kier molecular flexibility index (Phi) is 4.96. The zero-order valence-corrected chi connectivity index (χ0v) is 10.7. The van der Waals surface area contributed by atoms with Crippen LogP contribution in [0.15, 0.2) is 16.9 Å². The van der Waals surface area contributed by atoms with Crippen molar-refractivity contribution in [1.29, 1.82) is 0 Å². The molecule has 1 heterocycles. The van der Waals surface area contributed by atoms with Crippen LogP contribution in [-0.4, -0.2) is 52.2 Å². The van der Waals surface area contributed by atoms with Crippen LogP contribution in [0.25, 0.3) is 0 Å². The van der Waals surface area contributed by atoms with Crippen LogP contribution in [0.1, 0.15) is 0 Å². The lowest BCUT2D eigenvalue weighted by atomic mass is 10.3. The Balaban J connectivity index is 2.33. The zero-order chi connectivity index (χ0) is 13.1. The number of likely N-dealkylation sites (N-methyl/N-ethyl adjacent to an activating group) is 1. The molecule has 1 aromatic rings. The number of aromatic nitrogens is 2. The first-order chi connectivity index (χ1) is 7.79. The van der Waals surface area contributed by atoms with Crippen molar-refractivity contribution in [1.82, 2.24) is 14.7 Å². The molecule has 0 aliphatic carbocycles. The summed E-state index contributed by atoms with van der Waals surface area (Å²) < 4.78 is 38.7. The molecule has 1 atom stereocenters. The number of hydrogen-bond donors (Lipinski definition) is 1. The lowest BCUT2D eigenvalue weighted by Crippen LogP contribution is -2.40.